The molecule has 144 valence electrons. The van der Waals surface area contributed by atoms with Crippen molar-refractivity contribution in [3.05, 3.63) is 29.8 Å². The van der Waals surface area contributed by atoms with Gasteiger partial charge in [0.2, 0.25) is 0 Å². The van der Waals surface area contributed by atoms with Crippen LogP contribution < -0.4 is 4.74 Å². The van der Waals surface area contributed by atoms with Crippen molar-refractivity contribution >= 4 is 7.81 Å². The zero-order valence-corrected chi connectivity index (χ0v) is 14.8. The van der Waals surface area contributed by atoms with Gasteiger partial charge in [-0.3, -0.25) is 0 Å². The van der Waals surface area contributed by atoms with Gasteiger partial charge >= 0.3 is 33.0 Å². The van der Waals surface area contributed by atoms with Gasteiger partial charge in [0.1, 0.15) is 5.75 Å². The van der Waals surface area contributed by atoms with E-state index in [-0.39, 0.29) is 6.61 Å². The summed E-state index contributed by atoms with van der Waals surface area (Å²) >= 11 is 0. The van der Waals surface area contributed by atoms with Crippen LogP contribution >= 0.6 is 7.81 Å². The van der Waals surface area contributed by atoms with E-state index >= 15 is 0 Å². The normalized spacial score (nSPS) is 14.9. The summed E-state index contributed by atoms with van der Waals surface area (Å²) in [4.78, 5) is 0. The van der Waals surface area contributed by atoms with E-state index in [2.05, 4.69) is 21.1 Å². The summed E-state index contributed by atoms with van der Waals surface area (Å²) in [6.07, 6.45) is 2.26. The molecular weight excluding hydrogens is 359 g/mol. The quantitative estimate of drug-likeness (QED) is 0.295. The first-order valence-corrected chi connectivity index (χ1v) is 9.18. The van der Waals surface area contributed by atoms with E-state index in [1.54, 1.807) is 0 Å². The molecule has 0 aliphatic heterocycles. The number of benzene rings is 1. The molecule has 0 unspecified atom stereocenters. The van der Waals surface area contributed by atoms with E-state index in [0.29, 0.717) is 0 Å². The summed E-state index contributed by atoms with van der Waals surface area (Å²) in [6.45, 7) is 2.02. The summed E-state index contributed by atoms with van der Waals surface area (Å²) in [5, 5.41) is 8.91. The predicted octanol–water partition coefficient (Wildman–Crippen LogP) is 5.43. The van der Waals surface area contributed by atoms with E-state index in [1.165, 1.54) is 13.0 Å². The number of quaternary nitrogens is 1. The van der Waals surface area contributed by atoms with Crippen LogP contribution in [-0.2, 0) is 6.61 Å². The van der Waals surface area contributed by atoms with Crippen LogP contribution in [0.4, 0.5) is 25.2 Å². The first-order valence-electron chi connectivity index (χ1n) is 7.16. The van der Waals surface area contributed by atoms with Gasteiger partial charge in [-0.15, -0.1) is 0 Å². The van der Waals surface area contributed by atoms with E-state index in [0.717, 1.165) is 28.8 Å². The van der Waals surface area contributed by atoms with Crippen molar-refractivity contribution in [3.63, 3.8) is 0 Å². The number of ether oxygens (including phenoxy) is 1. The second-order valence-corrected chi connectivity index (χ2v) is 8.25. The van der Waals surface area contributed by atoms with Crippen molar-refractivity contribution in [1.82, 2.24) is 0 Å². The van der Waals surface area contributed by atoms with Gasteiger partial charge < -0.3 is 14.3 Å². The first kappa shape index (κ1) is 22.9. The molecule has 1 aromatic carbocycles. The van der Waals surface area contributed by atoms with E-state index in [4.69, 9.17) is 9.84 Å². The SMILES string of the molecule is C[N+](C)(C)CCCCOc1ccc(CO)cc1.F[P-](F)(F)(F)(F)F. The number of nitrogens with zero attached hydrogens (tertiary/aromatic N) is 1. The Balaban J connectivity index is 0.000000640. The number of unbranched alkanes of at least 4 members (excludes halogenated alkanes) is 1. The Morgan fingerprint density at radius 1 is 0.917 bits per heavy atom. The summed E-state index contributed by atoms with van der Waals surface area (Å²) in [5.41, 5.74) is 0.919. The Morgan fingerprint density at radius 3 is 1.75 bits per heavy atom. The number of hydrogen-bond donors (Lipinski definition) is 1. The van der Waals surface area contributed by atoms with Crippen molar-refractivity contribution in [2.45, 2.75) is 19.4 Å². The third-order valence-electron chi connectivity index (χ3n) is 2.60. The van der Waals surface area contributed by atoms with Crippen LogP contribution in [0.15, 0.2) is 24.3 Å². The Morgan fingerprint density at radius 2 is 1.38 bits per heavy atom. The number of rotatable bonds is 7. The number of halogens is 6. The molecule has 24 heavy (non-hydrogen) atoms. The Kier molecular flexibility index (Phi) is 7.13. The molecule has 0 amide bonds. The van der Waals surface area contributed by atoms with Gasteiger partial charge in [-0.1, -0.05) is 12.1 Å². The minimum atomic E-state index is -10.7. The fourth-order valence-electron chi connectivity index (χ4n) is 1.57. The zero-order valence-electron chi connectivity index (χ0n) is 13.9. The van der Waals surface area contributed by atoms with Gasteiger partial charge in [-0.05, 0) is 30.5 Å². The van der Waals surface area contributed by atoms with Crippen molar-refractivity contribution in [3.8, 4) is 5.75 Å². The summed E-state index contributed by atoms with van der Waals surface area (Å²) < 4.78 is 65.8. The van der Waals surface area contributed by atoms with Crippen LogP contribution in [0.1, 0.15) is 18.4 Å². The first-order chi connectivity index (χ1) is 10.5. The fourth-order valence-corrected chi connectivity index (χ4v) is 1.57. The molecule has 0 atom stereocenters. The van der Waals surface area contributed by atoms with Crippen LogP contribution in [0.2, 0.25) is 0 Å². The van der Waals surface area contributed by atoms with E-state index < -0.39 is 7.81 Å². The molecule has 0 spiro atoms. The maximum absolute atomic E-state index is 10.7. The molecule has 1 rings (SSSR count). The maximum atomic E-state index is 9.87. The molecule has 1 aromatic rings. The number of aliphatic hydroxyl groups excluding tert-OH is 1. The molecule has 0 fully saturated rings. The molecule has 3 nitrogen and oxygen atoms in total. The second kappa shape index (κ2) is 7.45. The molecule has 10 heteroatoms. The Hall–Kier alpha value is -1.05. The van der Waals surface area contributed by atoms with Crippen LogP contribution in [0.5, 0.6) is 5.75 Å². The molecule has 0 radical (unpaired) electrons. The third kappa shape index (κ3) is 20.9. The van der Waals surface area contributed by atoms with Gasteiger partial charge in [-0.2, -0.15) is 0 Å². The van der Waals surface area contributed by atoms with Gasteiger partial charge in [-0.25, -0.2) is 0 Å². The molecule has 0 saturated carbocycles. The molecule has 0 saturated heterocycles. The third-order valence-corrected chi connectivity index (χ3v) is 2.60. The molecule has 0 aliphatic carbocycles. The van der Waals surface area contributed by atoms with E-state index in [1.807, 2.05) is 24.3 Å². The molecule has 1 N–H and O–H groups in total. The van der Waals surface area contributed by atoms with Gasteiger partial charge in [0, 0.05) is 0 Å². The fraction of sp³-hybridized carbons (Fsp3) is 0.571. The number of aliphatic hydroxyl groups is 1. The summed E-state index contributed by atoms with van der Waals surface area (Å²) in [6, 6.07) is 7.60. The van der Waals surface area contributed by atoms with Gasteiger partial charge in [0.25, 0.3) is 0 Å². The minimum absolute atomic E-state index is 0.0871. The molecule has 0 heterocycles. The van der Waals surface area contributed by atoms with Crippen LogP contribution in [0.25, 0.3) is 0 Å². The van der Waals surface area contributed by atoms with Gasteiger partial charge in [0.05, 0.1) is 40.9 Å². The van der Waals surface area contributed by atoms with Crippen LogP contribution in [-0.4, -0.2) is 43.9 Å². The topological polar surface area (TPSA) is 29.5 Å². The predicted molar refractivity (Wildman–Crippen MR) is 83.6 cm³/mol. The van der Waals surface area contributed by atoms with Crippen molar-refractivity contribution < 1.29 is 39.5 Å². The Bertz CT molecular complexity index is 484. The second-order valence-electron chi connectivity index (χ2n) is 6.33. The molecule has 0 aliphatic rings. The monoisotopic (exact) mass is 383 g/mol. The van der Waals surface area contributed by atoms with Crippen LogP contribution in [0.3, 0.4) is 0 Å². The molecular formula is C14H24F6NO2P. The van der Waals surface area contributed by atoms with Crippen molar-refractivity contribution in [2.75, 3.05) is 34.3 Å². The molecule has 0 bridgehead atoms. The summed E-state index contributed by atoms with van der Waals surface area (Å²) in [5.74, 6) is 0.882. The van der Waals surface area contributed by atoms with E-state index in [9.17, 15) is 25.2 Å². The van der Waals surface area contributed by atoms with Crippen molar-refractivity contribution in [1.29, 1.82) is 0 Å². The standard InChI is InChI=1S/C14H24NO2.F6P/c1-15(2,3)10-4-5-11-17-14-8-6-13(12-16)7-9-14;1-7(2,3,4,5)6/h6-9,16H,4-5,10-12H2,1-3H3;/q+1;-1. The zero-order chi connectivity index (χ0) is 19.1. The average Bonchev–Trinajstić information content (AvgIpc) is 2.34. The van der Waals surface area contributed by atoms with Gasteiger partial charge in [0.15, 0.2) is 0 Å². The average molecular weight is 383 g/mol. The van der Waals surface area contributed by atoms with Crippen molar-refractivity contribution in [2.24, 2.45) is 0 Å². The summed E-state index contributed by atoms with van der Waals surface area (Å²) in [7, 11) is -4.05. The van der Waals surface area contributed by atoms with Crippen LogP contribution in [0, 0.1) is 0 Å². The number of hydrogen-bond acceptors (Lipinski definition) is 2. The Labute approximate surface area is 137 Å². The molecule has 0 aromatic heterocycles.